The number of allylic oxidation sites excluding steroid dienone is 2. The van der Waals surface area contributed by atoms with Crippen molar-refractivity contribution in [2.75, 3.05) is 0 Å². The van der Waals surface area contributed by atoms with Gasteiger partial charge in [-0.1, -0.05) is 28.1 Å². The first-order valence-corrected chi connectivity index (χ1v) is 5.15. The number of alkyl halides is 1. The molecule has 3 heteroatoms. The Morgan fingerprint density at radius 1 is 1.50 bits per heavy atom. The fourth-order valence-electron chi connectivity index (χ4n) is 2.34. The summed E-state index contributed by atoms with van der Waals surface area (Å²) in [6.07, 6.45) is 6.61. The normalized spacial score (nSPS) is 40.2. The highest BCUT2D eigenvalue weighted by Crippen LogP contribution is 2.46. The molecule has 0 aromatic heterocycles. The van der Waals surface area contributed by atoms with Gasteiger partial charge in [0.25, 0.3) is 0 Å². The van der Waals surface area contributed by atoms with E-state index >= 15 is 0 Å². The zero-order valence-corrected chi connectivity index (χ0v) is 8.20. The van der Waals surface area contributed by atoms with E-state index in [4.69, 9.17) is 5.11 Å². The first-order chi connectivity index (χ1) is 5.68. The lowest BCUT2D eigenvalue weighted by atomic mass is 9.91. The van der Waals surface area contributed by atoms with Gasteiger partial charge in [0, 0.05) is 0 Å². The lowest BCUT2D eigenvalue weighted by Crippen LogP contribution is -2.26. The summed E-state index contributed by atoms with van der Waals surface area (Å²) in [7, 11) is 0. The monoisotopic (exact) mass is 230 g/mol. The number of carboxylic acid groups (broad SMARTS) is 1. The van der Waals surface area contributed by atoms with Crippen molar-refractivity contribution in [1.82, 2.24) is 0 Å². The molecule has 2 aliphatic rings. The standard InChI is InChI=1S/C9H11BrO2/c10-8(9(11)12)7-4-5-1-2-6(7)3-5/h1-2,5-8H,3-4H2,(H,11,12). The van der Waals surface area contributed by atoms with E-state index in [9.17, 15) is 4.79 Å². The molecule has 1 saturated carbocycles. The molecule has 0 heterocycles. The average molecular weight is 231 g/mol. The molecule has 2 aliphatic carbocycles. The number of hydrogen-bond donors (Lipinski definition) is 1. The Hall–Kier alpha value is -0.310. The van der Waals surface area contributed by atoms with E-state index in [1.165, 1.54) is 6.42 Å². The molecule has 0 aromatic rings. The van der Waals surface area contributed by atoms with Gasteiger partial charge in [-0.15, -0.1) is 0 Å². The van der Waals surface area contributed by atoms with Crippen LogP contribution in [-0.2, 0) is 4.79 Å². The minimum Gasteiger partial charge on any atom is -0.480 e. The molecule has 66 valence electrons. The van der Waals surface area contributed by atoms with E-state index in [2.05, 4.69) is 28.1 Å². The maximum Gasteiger partial charge on any atom is 0.317 e. The number of halogens is 1. The number of rotatable bonds is 2. The molecule has 12 heavy (non-hydrogen) atoms. The van der Waals surface area contributed by atoms with Crippen LogP contribution in [0.1, 0.15) is 12.8 Å². The van der Waals surface area contributed by atoms with Gasteiger partial charge in [0.15, 0.2) is 0 Å². The van der Waals surface area contributed by atoms with Crippen molar-refractivity contribution in [3.8, 4) is 0 Å². The van der Waals surface area contributed by atoms with Crippen LogP contribution in [0, 0.1) is 17.8 Å². The molecule has 2 rings (SSSR count). The van der Waals surface area contributed by atoms with Gasteiger partial charge >= 0.3 is 5.97 Å². The molecular formula is C9H11BrO2. The molecule has 0 aromatic carbocycles. The highest BCUT2D eigenvalue weighted by molar-refractivity contribution is 9.10. The van der Waals surface area contributed by atoms with Crippen molar-refractivity contribution in [2.45, 2.75) is 17.7 Å². The quantitative estimate of drug-likeness (QED) is 0.583. The van der Waals surface area contributed by atoms with E-state index in [1.54, 1.807) is 0 Å². The molecule has 2 nitrogen and oxygen atoms in total. The molecule has 0 aliphatic heterocycles. The third-order valence-electron chi connectivity index (χ3n) is 2.94. The summed E-state index contributed by atoms with van der Waals surface area (Å²) in [6.45, 7) is 0. The lowest BCUT2D eigenvalue weighted by molar-refractivity contribution is -0.137. The zero-order valence-electron chi connectivity index (χ0n) is 6.61. The van der Waals surface area contributed by atoms with Gasteiger partial charge < -0.3 is 5.11 Å². The SMILES string of the molecule is O=C(O)C(Br)C1CC2C=CC1C2. The fraction of sp³-hybridized carbons (Fsp3) is 0.667. The van der Waals surface area contributed by atoms with Crippen molar-refractivity contribution >= 4 is 21.9 Å². The van der Waals surface area contributed by atoms with Crippen LogP contribution in [0.25, 0.3) is 0 Å². The summed E-state index contributed by atoms with van der Waals surface area (Å²) in [5.41, 5.74) is 0. The van der Waals surface area contributed by atoms with Crippen molar-refractivity contribution < 1.29 is 9.90 Å². The van der Waals surface area contributed by atoms with Crippen LogP contribution in [-0.4, -0.2) is 15.9 Å². The molecule has 1 fully saturated rings. The largest absolute Gasteiger partial charge is 0.480 e. The molecule has 0 radical (unpaired) electrons. The van der Waals surface area contributed by atoms with Crippen LogP contribution < -0.4 is 0 Å². The van der Waals surface area contributed by atoms with E-state index in [-0.39, 0.29) is 4.83 Å². The van der Waals surface area contributed by atoms with Crippen LogP contribution in [0.3, 0.4) is 0 Å². The van der Waals surface area contributed by atoms with Crippen LogP contribution in [0.2, 0.25) is 0 Å². The molecular weight excluding hydrogens is 220 g/mol. The third-order valence-corrected chi connectivity index (χ3v) is 4.01. The van der Waals surface area contributed by atoms with Crippen LogP contribution in [0.5, 0.6) is 0 Å². The second kappa shape index (κ2) is 2.87. The topological polar surface area (TPSA) is 37.3 Å². The second-order valence-electron chi connectivity index (χ2n) is 3.68. The van der Waals surface area contributed by atoms with Crippen molar-refractivity contribution in [3.63, 3.8) is 0 Å². The Morgan fingerprint density at radius 3 is 2.67 bits per heavy atom. The van der Waals surface area contributed by atoms with E-state index in [1.807, 2.05) is 0 Å². The Bertz CT molecular complexity index is 237. The maximum atomic E-state index is 10.7. The van der Waals surface area contributed by atoms with Gasteiger partial charge in [-0.05, 0) is 30.6 Å². The summed E-state index contributed by atoms with van der Waals surface area (Å²) in [6, 6.07) is 0. The minimum absolute atomic E-state index is 0.317. The van der Waals surface area contributed by atoms with Crippen LogP contribution in [0.15, 0.2) is 12.2 Å². The highest BCUT2D eigenvalue weighted by Gasteiger charge is 2.41. The summed E-state index contributed by atoms with van der Waals surface area (Å²) in [5, 5.41) is 8.80. The molecule has 4 atom stereocenters. The molecule has 0 amide bonds. The Morgan fingerprint density at radius 2 is 2.25 bits per heavy atom. The van der Waals surface area contributed by atoms with Gasteiger partial charge in [0.1, 0.15) is 4.83 Å². The average Bonchev–Trinajstić information content (AvgIpc) is 2.62. The number of hydrogen-bond acceptors (Lipinski definition) is 1. The summed E-state index contributed by atoms with van der Waals surface area (Å²) in [4.78, 5) is 10.3. The first kappa shape index (κ1) is 8.30. The van der Waals surface area contributed by atoms with Gasteiger partial charge in [-0.2, -0.15) is 0 Å². The summed E-state index contributed by atoms with van der Waals surface area (Å²) in [5.74, 6) is 0.758. The van der Waals surface area contributed by atoms with Crippen molar-refractivity contribution in [2.24, 2.45) is 17.8 Å². The number of carbonyl (C=O) groups is 1. The van der Waals surface area contributed by atoms with Crippen LogP contribution in [0.4, 0.5) is 0 Å². The van der Waals surface area contributed by atoms with E-state index < -0.39 is 5.97 Å². The zero-order chi connectivity index (χ0) is 8.72. The Kier molecular flexibility index (Phi) is 1.99. The summed E-state index contributed by atoms with van der Waals surface area (Å²) < 4.78 is 0. The Labute approximate surface area is 79.8 Å². The molecule has 0 spiro atoms. The lowest BCUT2D eigenvalue weighted by Gasteiger charge is -2.20. The van der Waals surface area contributed by atoms with Crippen molar-refractivity contribution in [3.05, 3.63) is 12.2 Å². The van der Waals surface area contributed by atoms with Crippen molar-refractivity contribution in [1.29, 1.82) is 0 Å². The molecule has 1 N–H and O–H groups in total. The molecule has 4 unspecified atom stereocenters. The van der Waals surface area contributed by atoms with Gasteiger partial charge in [0.2, 0.25) is 0 Å². The first-order valence-electron chi connectivity index (χ1n) is 4.23. The number of aliphatic carboxylic acids is 1. The van der Waals surface area contributed by atoms with Gasteiger partial charge in [-0.3, -0.25) is 4.79 Å². The minimum atomic E-state index is -0.721. The smallest absolute Gasteiger partial charge is 0.317 e. The molecule has 0 saturated heterocycles. The van der Waals surface area contributed by atoms with E-state index in [0.717, 1.165) is 6.42 Å². The Balaban J connectivity index is 2.07. The third kappa shape index (κ3) is 1.20. The predicted molar refractivity (Wildman–Crippen MR) is 49.2 cm³/mol. The van der Waals surface area contributed by atoms with Gasteiger partial charge in [-0.25, -0.2) is 0 Å². The number of carboxylic acids is 1. The van der Waals surface area contributed by atoms with E-state index in [0.29, 0.717) is 17.8 Å². The maximum absolute atomic E-state index is 10.7. The fourth-order valence-corrected chi connectivity index (χ4v) is 2.95. The summed E-state index contributed by atoms with van der Waals surface area (Å²) >= 11 is 3.24. The predicted octanol–water partition coefficient (Wildman–Crippen LogP) is 2.05. The molecule has 2 bridgehead atoms. The van der Waals surface area contributed by atoms with Gasteiger partial charge in [0.05, 0.1) is 0 Å². The second-order valence-corrected chi connectivity index (χ2v) is 4.67. The van der Waals surface area contributed by atoms with Crippen LogP contribution >= 0.6 is 15.9 Å². The number of fused-ring (bicyclic) bond motifs is 2. The highest BCUT2D eigenvalue weighted by atomic mass is 79.9.